The minimum atomic E-state index is 0.405. The normalized spacial score (nSPS) is 13.3. The molecule has 1 aromatic carbocycles. The number of nitrogens with zero attached hydrogens (tertiary/aromatic N) is 3. The topological polar surface area (TPSA) is 29.9 Å². The highest BCUT2D eigenvalue weighted by Gasteiger charge is 2.17. The number of pyridine rings is 1. The smallest absolute Gasteiger partial charge is 0.286 e. The number of benzene rings is 1. The Morgan fingerprint density at radius 1 is 0.862 bits per heavy atom. The van der Waals surface area contributed by atoms with E-state index in [2.05, 4.69) is 90.7 Å². The molecule has 2 unspecified atom stereocenters. The van der Waals surface area contributed by atoms with Crippen molar-refractivity contribution in [1.29, 1.82) is 0 Å². The minimum absolute atomic E-state index is 0.405. The summed E-state index contributed by atoms with van der Waals surface area (Å²) in [7, 11) is 1.72. The van der Waals surface area contributed by atoms with Gasteiger partial charge in [0.25, 0.3) is 6.33 Å². The van der Waals surface area contributed by atoms with E-state index in [-0.39, 0.29) is 0 Å². The Labute approximate surface area is 174 Å². The van der Waals surface area contributed by atoms with Gasteiger partial charge in [-0.25, -0.2) is 9.13 Å². The van der Waals surface area contributed by atoms with Crippen LogP contribution in [0.15, 0.2) is 67.5 Å². The molecule has 152 valence electrons. The molecule has 0 aliphatic carbocycles. The Kier molecular flexibility index (Phi) is 6.97. The third kappa shape index (κ3) is 5.63. The highest BCUT2D eigenvalue weighted by molar-refractivity contribution is 5.30. The van der Waals surface area contributed by atoms with Gasteiger partial charge in [0, 0.05) is 29.0 Å². The summed E-state index contributed by atoms with van der Waals surface area (Å²) in [6.45, 7) is 10.8. The second-order valence-corrected chi connectivity index (χ2v) is 8.29. The van der Waals surface area contributed by atoms with Gasteiger partial charge in [-0.3, -0.25) is 0 Å². The first-order chi connectivity index (χ1) is 14.0. The van der Waals surface area contributed by atoms with Gasteiger partial charge >= 0.3 is 0 Å². The molecule has 4 heteroatoms. The monoisotopic (exact) mass is 391 g/mol. The molecule has 0 fully saturated rings. The number of hydrogen-bond donors (Lipinski definition) is 0. The maximum absolute atomic E-state index is 5.37. The van der Waals surface area contributed by atoms with E-state index in [1.54, 1.807) is 7.11 Å². The third-order valence-electron chi connectivity index (χ3n) is 5.50. The van der Waals surface area contributed by atoms with E-state index in [1.807, 2.05) is 18.6 Å². The molecule has 2 atom stereocenters. The van der Waals surface area contributed by atoms with Crippen molar-refractivity contribution >= 4 is 0 Å². The number of methoxy groups -OCH3 is 1. The van der Waals surface area contributed by atoms with E-state index in [9.17, 15) is 0 Å². The summed E-state index contributed by atoms with van der Waals surface area (Å²) in [6.07, 6.45) is 10.5. The summed E-state index contributed by atoms with van der Waals surface area (Å²) in [5, 5.41) is 0. The quantitative estimate of drug-likeness (QED) is 0.533. The summed E-state index contributed by atoms with van der Waals surface area (Å²) in [5.41, 5.74) is 3.91. The second kappa shape index (κ2) is 9.64. The number of rotatable bonds is 8. The van der Waals surface area contributed by atoms with Gasteiger partial charge in [0.2, 0.25) is 0 Å². The van der Waals surface area contributed by atoms with Gasteiger partial charge in [0.15, 0.2) is 18.9 Å². The lowest BCUT2D eigenvalue weighted by atomic mass is 10.00. The molecular weight excluding hydrogens is 358 g/mol. The summed E-state index contributed by atoms with van der Waals surface area (Å²) in [4.78, 5) is 4.40. The fourth-order valence-corrected chi connectivity index (χ4v) is 3.60. The molecule has 0 N–H and O–H groups in total. The molecule has 0 aliphatic rings. The highest BCUT2D eigenvalue weighted by atomic mass is 16.5. The molecule has 0 bridgehead atoms. The van der Waals surface area contributed by atoms with Crippen LogP contribution in [0.5, 0.6) is 5.75 Å². The van der Waals surface area contributed by atoms with Crippen molar-refractivity contribution in [2.75, 3.05) is 7.11 Å². The van der Waals surface area contributed by atoms with Gasteiger partial charge in [-0.05, 0) is 29.7 Å². The average molecular weight is 392 g/mol. The Morgan fingerprint density at radius 3 is 2.31 bits per heavy atom. The number of aromatic nitrogens is 3. The van der Waals surface area contributed by atoms with Crippen molar-refractivity contribution in [3.05, 3.63) is 84.2 Å². The Bertz CT molecular complexity index is 939. The Morgan fingerprint density at radius 2 is 1.55 bits per heavy atom. The Balaban J connectivity index is 1.70. The van der Waals surface area contributed by atoms with Gasteiger partial charge in [0.05, 0.1) is 19.9 Å². The maximum atomic E-state index is 5.37. The van der Waals surface area contributed by atoms with Crippen molar-refractivity contribution < 1.29 is 13.9 Å². The van der Waals surface area contributed by atoms with Crippen LogP contribution in [0.1, 0.15) is 62.1 Å². The van der Waals surface area contributed by atoms with Crippen LogP contribution < -0.4 is 13.9 Å². The van der Waals surface area contributed by atoms with Crippen LogP contribution in [0.3, 0.4) is 0 Å². The van der Waals surface area contributed by atoms with Crippen LogP contribution in [0.25, 0.3) is 0 Å². The summed E-state index contributed by atoms with van der Waals surface area (Å²) < 4.78 is 9.87. The lowest BCUT2D eigenvalue weighted by molar-refractivity contribution is -0.706. The van der Waals surface area contributed by atoms with Crippen LogP contribution in [0.2, 0.25) is 0 Å². The fraction of sp³-hybridized carbons (Fsp3) is 0.400. The number of hydrogen-bond acceptors (Lipinski definition) is 2. The zero-order valence-electron chi connectivity index (χ0n) is 18.2. The molecule has 0 saturated carbocycles. The summed E-state index contributed by atoms with van der Waals surface area (Å²) in [6, 6.07) is 12.7. The summed E-state index contributed by atoms with van der Waals surface area (Å²) in [5.74, 6) is 2.21. The van der Waals surface area contributed by atoms with E-state index >= 15 is 0 Å². The van der Waals surface area contributed by atoms with Gasteiger partial charge in [-0.1, -0.05) is 44.8 Å². The largest absolute Gasteiger partial charge is 0.497 e. The maximum Gasteiger partial charge on any atom is 0.286 e. The molecule has 29 heavy (non-hydrogen) atoms. The van der Waals surface area contributed by atoms with Gasteiger partial charge in [-0.15, -0.1) is 0 Å². The lowest BCUT2D eigenvalue weighted by Crippen LogP contribution is -2.39. The van der Waals surface area contributed by atoms with Gasteiger partial charge in [-0.2, -0.15) is 0 Å². The lowest BCUT2D eigenvalue weighted by Gasteiger charge is -2.13. The number of ether oxygens (including phenoxy) is 1. The molecule has 0 aliphatic heterocycles. The fourth-order valence-electron chi connectivity index (χ4n) is 3.60. The van der Waals surface area contributed by atoms with E-state index in [1.165, 1.54) is 16.7 Å². The standard InChI is InChI=1S/C25H33N3O/c1-19(2)24-13-26-18-28(17-24)15-21(4)23-9-7-11-27(16-23)14-20(3)22-8-6-10-25(12-22)29-5/h6-13,16-21H,14-15H2,1-5H3/q+2. The molecule has 2 aromatic heterocycles. The zero-order valence-corrected chi connectivity index (χ0v) is 18.2. The molecular formula is C25H33N3O+2. The first-order valence-electron chi connectivity index (χ1n) is 10.4. The predicted octanol–water partition coefficient (Wildman–Crippen LogP) is 4.40. The van der Waals surface area contributed by atoms with Crippen molar-refractivity contribution in [3.8, 4) is 5.75 Å². The van der Waals surface area contributed by atoms with Crippen LogP contribution in [0, 0.1) is 0 Å². The van der Waals surface area contributed by atoms with Crippen molar-refractivity contribution in [2.45, 2.75) is 58.5 Å². The zero-order chi connectivity index (χ0) is 20.8. The minimum Gasteiger partial charge on any atom is -0.497 e. The van der Waals surface area contributed by atoms with E-state index in [4.69, 9.17) is 4.74 Å². The van der Waals surface area contributed by atoms with Crippen LogP contribution in [-0.2, 0) is 13.1 Å². The van der Waals surface area contributed by atoms with E-state index < -0.39 is 0 Å². The van der Waals surface area contributed by atoms with E-state index in [0.29, 0.717) is 17.8 Å². The molecule has 2 heterocycles. The molecule has 0 radical (unpaired) electrons. The molecule has 0 spiro atoms. The molecule has 3 aromatic rings. The average Bonchev–Trinajstić information content (AvgIpc) is 2.74. The van der Waals surface area contributed by atoms with Crippen molar-refractivity contribution in [1.82, 2.24) is 4.98 Å². The van der Waals surface area contributed by atoms with Crippen LogP contribution in [0.4, 0.5) is 0 Å². The van der Waals surface area contributed by atoms with Crippen molar-refractivity contribution in [3.63, 3.8) is 0 Å². The van der Waals surface area contributed by atoms with Gasteiger partial charge < -0.3 is 4.74 Å². The summed E-state index contributed by atoms with van der Waals surface area (Å²) >= 11 is 0. The third-order valence-corrected chi connectivity index (χ3v) is 5.50. The highest BCUT2D eigenvalue weighted by Crippen LogP contribution is 2.21. The SMILES string of the molecule is COc1cccc(C(C)C[n+]2cccc(C(C)C[n+]3cncc(C(C)C)c3)c2)c1. The molecule has 4 nitrogen and oxygen atoms in total. The van der Waals surface area contributed by atoms with Gasteiger partial charge in [0.1, 0.15) is 11.9 Å². The second-order valence-electron chi connectivity index (χ2n) is 8.29. The molecule has 3 rings (SSSR count). The first-order valence-corrected chi connectivity index (χ1v) is 10.4. The van der Waals surface area contributed by atoms with Crippen LogP contribution >= 0.6 is 0 Å². The molecule has 0 amide bonds. The first kappa shape index (κ1) is 21.0. The van der Waals surface area contributed by atoms with E-state index in [0.717, 1.165) is 18.8 Å². The van der Waals surface area contributed by atoms with Crippen LogP contribution in [-0.4, -0.2) is 12.1 Å². The van der Waals surface area contributed by atoms with Crippen molar-refractivity contribution in [2.24, 2.45) is 0 Å². The molecule has 0 saturated heterocycles. The predicted molar refractivity (Wildman–Crippen MR) is 115 cm³/mol. The Hall–Kier alpha value is -2.75.